The molecule has 0 unspecified atom stereocenters. The third kappa shape index (κ3) is 5.21. The molecule has 2 rings (SSSR count). The van der Waals surface area contributed by atoms with E-state index in [1.807, 2.05) is 0 Å². The van der Waals surface area contributed by atoms with Gasteiger partial charge in [-0.3, -0.25) is 9.10 Å². The summed E-state index contributed by atoms with van der Waals surface area (Å²) in [4.78, 5) is 23.9. The summed E-state index contributed by atoms with van der Waals surface area (Å²) >= 11 is 5.79. The Bertz CT molecular complexity index is 913. The molecule has 0 heterocycles. The molecule has 0 spiro atoms. The Morgan fingerprint density at radius 1 is 1.15 bits per heavy atom. The highest BCUT2D eigenvalue weighted by molar-refractivity contribution is 7.92. The van der Waals surface area contributed by atoms with E-state index in [9.17, 15) is 18.0 Å². The van der Waals surface area contributed by atoms with E-state index in [0.717, 1.165) is 10.6 Å². The van der Waals surface area contributed by atoms with Gasteiger partial charge >= 0.3 is 5.97 Å². The van der Waals surface area contributed by atoms with Crippen LogP contribution in [-0.2, 0) is 19.6 Å². The number of esters is 1. The molecule has 138 valence electrons. The summed E-state index contributed by atoms with van der Waals surface area (Å²) in [5.74, 6) is -1.15. The van der Waals surface area contributed by atoms with Gasteiger partial charge in [0.2, 0.25) is 15.9 Å². The first-order valence-electron chi connectivity index (χ1n) is 7.42. The number of hydrogen-bond donors (Lipinski definition) is 1. The molecule has 0 aliphatic heterocycles. The maximum atomic E-state index is 12.3. The molecule has 0 atom stereocenters. The average molecular weight is 397 g/mol. The van der Waals surface area contributed by atoms with E-state index in [0.29, 0.717) is 10.7 Å². The minimum atomic E-state index is -3.76. The van der Waals surface area contributed by atoms with Crippen molar-refractivity contribution in [1.82, 2.24) is 0 Å². The number of carbonyl (C=O) groups excluding carboxylic acids is 2. The van der Waals surface area contributed by atoms with Gasteiger partial charge in [0.05, 0.1) is 24.6 Å². The number of carbonyl (C=O) groups is 2. The molecule has 0 fully saturated rings. The summed E-state index contributed by atoms with van der Waals surface area (Å²) < 4.78 is 29.8. The predicted molar refractivity (Wildman–Crippen MR) is 100 cm³/mol. The largest absolute Gasteiger partial charge is 0.465 e. The minimum Gasteiger partial charge on any atom is -0.465 e. The van der Waals surface area contributed by atoms with Crippen molar-refractivity contribution < 1.29 is 22.7 Å². The fraction of sp³-hybridized carbons (Fsp3) is 0.176. The minimum absolute atomic E-state index is 0.178. The zero-order chi connectivity index (χ0) is 19.3. The van der Waals surface area contributed by atoms with Crippen molar-refractivity contribution in [1.29, 1.82) is 0 Å². The summed E-state index contributed by atoms with van der Waals surface area (Å²) in [5.41, 5.74) is 0.842. The second kappa shape index (κ2) is 8.20. The maximum Gasteiger partial charge on any atom is 0.337 e. The summed E-state index contributed by atoms with van der Waals surface area (Å²) in [6.07, 6.45) is 0.980. The third-order valence-corrected chi connectivity index (χ3v) is 4.76. The van der Waals surface area contributed by atoms with Crippen LogP contribution in [0.25, 0.3) is 0 Å². The standard InChI is InChI=1S/C17H17ClN2O5S/c1-25-17(22)12-4-3-5-15(10-12)20(26(2,23)24)11-16(21)19-14-8-6-13(18)7-9-14/h3-10H,11H2,1-2H3,(H,19,21). The molecule has 0 bridgehead atoms. The van der Waals surface area contributed by atoms with Gasteiger partial charge in [0.25, 0.3) is 0 Å². The topological polar surface area (TPSA) is 92.8 Å². The molecule has 9 heteroatoms. The van der Waals surface area contributed by atoms with Crippen LogP contribution in [0.2, 0.25) is 5.02 Å². The van der Waals surface area contributed by atoms with E-state index in [4.69, 9.17) is 11.6 Å². The predicted octanol–water partition coefficient (Wildman–Crippen LogP) is 2.53. The van der Waals surface area contributed by atoms with E-state index < -0.39 is 28.4 Å². The summed E-state index contributed by atoms with van der Waals surface area (Å²) in [7, 11) is -2.54. The van der Waals surface area contributed by atoms with Gasteiger partial charge in [0.15, 0.2) is 0 Å². The zero-order valence-corrected chi connectivity index (χ0v) is 15.7. The van der Waals surface area contributed by atoms with Gasteiger partial charge in [-0.1, -0.05) is 17.7 Å². The Hall–Kier alpha value is -2.58. The number of anilines is 2. The van der Waals surface area contributed by atoms with Crippen molar-refractivity contribution in [2.45, 2.75) is 0 Å². The van der Waals surface area contributed by atoms with Crippen molar-refractivity contribution in [2.75, 3.05) is 29.5 Å². The molecule has 2 aromatic rings. The highest BCUT2D eigenvalue weighted by atomic mass is 35.5. The van der Waals surface area contributed by atoms with Crippen molar-refractivity contribution in [2.24, 2.45) is 0 Å². The van der Waals surface area contributed by atoms with Crippen LogP contribution in [0, 0.1) is 0 Å². The number of ether oxygens (including phenoxy) is 1. The normalized spacial score (nSPS) is 10.9. The fourth-order valence-electron chi connectivity index (χ4n) is 2.17. The molecule has 0 saturated carbocycles. The van der Waals surface area contributed by atoms with Crippen LogP contribution in [0.3, 0.4) is 0 Å². The maximum absolute atomic E-state index is 12.3. The second-order valence-corrected chi connectivity index (χ2v) is 7.71. The molecule has 0 aliphatic carbocycles. The van der Waals surface area contributed by atoms with Crippen molar-refractivity contribution in [3.63, 3.8) is 0 Å². The quantitative estimate of drug-likeness (QED) is 0.757. The SMILES string of the molecule is COC(=O)c1cccc(N(CC(=O)Nc2ccc(Cl)cc2)S(C)(=O)=O)c1. The highest BCUT2D eigenvalue weighted by Crippen LogP contribution is 2.20. The number of amides is 1. The first-order chi connectivity index (χ1) is 12.2. The number of nitrogens with zero attached hydrogens (tertiary/aromatic N) is 1. The number of halogens is 1. The number of rotatable bonds is 6. The third-order valence-electron chi connectivity index (χ3n) is 3.37. The Morgan fingerprint density at radius 3 is 2.38 bits per heavy atom. The Kier molecular flexibility index (Phi) is 6.23. The second-order valence-electron chi connectivity index (χ2n) is 5.37. The summed E-state index contributed by atoms with van der Waals surface area (Å²) in [6, 6.07) is 12.2. The molecular weight excluding hydrogens is 380 g/mol. The number of nitrogens with one attached hydrogen (secondary N) is 1. The average Bonchev–Trinajstić information content (AvgIpc) is 2.60. The molecule has 1 N–H and O–H groups in total. The lowest BCUT2D eigenvalue weighted by Gasteiger charge is -2.22. The fourth-order valence-corrected chi connectivity index (χ4v) is 3.14. The lowest BCUT2D eigenvalue weighted by molar-refractivity contribution is -0.114. The zero-order valence-electron chi connectivity index (χ0n) is 14.1. The Balaban J connectivity index is 2.24. The van der Waals surface area contributed by atoms with Crippen LogP contribution in [0.5, 0.6) is 0 Å². The molecule has 0 aromatic heterocycles. The lowest BCUT2D eigenvalue weighted by Crippen LogP contribution is -2.37. The molecule has 1 amide bonds. The molecule has 26 heavy (non-hydrogen) atoms. The molecule has 7 nitrogen and oxygen atoms in total. The van der Waals surface area contributed by atoms with Crippen LogP contribution >= 0.6 is 11.6 Å². The molecule has 2 aromatic carbocycles. The molecular formula is C17H17ClN2O5S. The van der Waals surface area contributed by atoms with Crippen LogP contribution in [-0.4, -0.2) is 40.2 Å². The van der Waals surface area contributed by atoms with Gasteiger partial charge < -0.3 is 10.1 Å². The van der Waals surface area contributed by atoms with E-state index in [1.165, 1.54) is 31.4 Å². The molecule has 0 saturated heterocycles. The summed E-state index contributed by atoms with van der Waals surface area (Å²) in [5, 5.41) is 3.11. The van der Waals surface area contributed by atoms with Crippen LogP contribution in [0.1, 0.15) is 10.4 Å². The van der Waals surface area contributed by atoms with Gasteiger partial charge in [-0.25, -0.2) is 13.2 Å². The summed E-state index contributed by atoms with van der Waals surface area (Å²) in [6.45, 7) is -0.452. The number of hydrogen-bond acceptors (Lipinski definition) is 5. The van der Waals surface area contributed by atoms with E-state index in [1.54, 1.807) is 24.3 Å². The van der Waals surface area contributed by atoms with Crippen molar-refractivity contribution >= 4 is 44.9 Å². The number of sulfonamides is 1. The van der Waals surface area contributed by atoms with Crippen LogP contribution < -0.4 is 9.62 Å². The van der Waals surface area contributed by atoms with E-state index in [-0.39, 0.29) is 11.3 Å². The first kappa shape index (κ1) is 19.7. The van der Waals surface area contributed by atoms with E-state index >= 15 is 0 Å². The van der Waals surface area contributed by atoms with Crippen LogP contribution in [0.4, 0.5) is 11.4 Å². The smallest absolute Gasteiger partial charge is 0.337 e. The molecule has 0 radical (unpaired) electrons. The lowest BCUT2D eigenvalue weighted by atomic mass is 10.2. The number of methoxy groups -OCH3 is 1. The van der Waals surface area contributed by atoms with Gasteiger partial charge in [-0.05, 0) is 42.5 Å². The van der Waals surface area contributed by atoms with E-state index in [2.05, 4.69) is 10.1 Å². The monoisotopic (exact) mass is 396 g/mol. The highest BCUT2D eigenvalue weighted by Gasteiger charge is 2.22. The first-order valence-corrected chi connectivity index (χ1v) is 9.65. The van der Waals surface area contributed by atoms with Gasteiger partial charge in [0.1, 0.15) is 6.54 Å². The van der Waals surface area contributed by atoms with Crippen molar-refractivity contribution in [3.05, 3.63) is 59.1 Å². The van der Waals surface area contributed by atoms with Crippen LogP contribution in [0.15, 0.2) is 48.5 Å². The van der Waals surface area contributed by atoms with Crippen molar-refractivity contribution in [3.8, 4) is 0 Å². The number of benzene rings is 2. The van der Waals surface area contributed by atoms with Gasteiger partial charge in [0, 0.05) is 10.7 Å². The Labute approximate surface area is 156 Å². The molecule has 0 aliphatic rings. The van der Waals surface area contributed by atoms with Gasteiger partial charge in [-0.2, -0.15) is 0 Å². The Morgan fingerprint density at radius 2 is 1.81 bits per heavy atom. The van der Waals surface area contributed by atoms with Gasteiger partial charge in [-0.15, -0.1) is 0 Å².